The smallest absolute Gasteiger partial charge is 0.0487 e. The van der Waals surface area contributed by atoms with Gasteiger partial charge in [-0.15, -0.1) is 0 Å². The number of hydrogen-bond acceptors (Lipinski definition) is 1. The van der Waals surface area contributed by atoms with Crippen molar-refractivity contribution < 1.29 is 5.11 Å². The molecule has 1 N–H and O–H groups in total. The number of aliphatic hydroxyl groups is 1. The topological polar surface area (TPSA) is 20.2 Å². The first-order valence-corrected chi connectivity index (χ1v) is 7.35. The van der Waals surface area contributed by atoms with E-state index in [1.165, 1.54) is 57.8 Å². The standard InChI is InChI=1S/C15H32O/c1-4-7-9-10-11-13-15(6-3,14-16)12-8-5-2/h16H,4-14H2,1-3H3. The Balaban J connectivity index is 3.82. The maximum absolute atomic E-state index is 9.61. The summed E-state index contributed by atoms with van der Waals surface area (Å²) in [5.74, 6) is 0. The van der Waals surface area contributed by atoms with Crippen LogP contribution in [0.5, 0.6) is 0 Å². The van der Waals surface area contributed by atoms with Crippen LogP contribution in [0.4, 0.5) is 0 Å². The Morgan fingerprint density at radius 2 is 1.31 bits per heavy atom. The zero-order valence-corrected chi connectivity index (χ0v) is 11.7. The van der Waals surface area contributed by atoms with E-state index < -0.39 is 0 Å². The van der Waals surface area contributed by atoms with Crippen LogP contribution >= 0.6 is 0 Å². The molecule has 16 heavy (non-hydrogen) atoms. The lowest BCUT2D eigenvalue weighted by molar-refractivity contribution is 0.0944. The molecular formula is C15H32O. The van der Waals surface area contributed by atoms with Crippen molar-refractivity contribution in [2.45, 2.75) is 85.0 Å². The van der Waals surface area contributed by atoms with Crippen LogP contribution in [0.2, 0.25) is 0 Å². The Morgan fingerprint density at radius 3 is 1.81 bits per heavy atom. The van der Waals surface area contributed by atoms with E-state index in [1.807, 2.05) is 0 Å². The molecule has 0 saturated carbocycles. The van der Waals surface area contributed by atoms with Crippen LogP contribution in [0, 0.1) is 5.41 Å². The van der Waals surface area contributed by atoms with Crippen molar-refractivity contribution in [3.05, 3.63) is 0 Å². The summed E-state index contributed by atoms with van der Waals surface area (Å²) in [5, 5.41) is 9.61. The maximum Gasteiger partial charge on any atom is 0.0487 e. The lowest BCUT2D eigenvalue weighted by Gasteiger charge is -2.31. The molecular weight excluding hydrogens is 196 g/mol. The fourth-order valence-electron chi connectivity index (χ4n) is 2.40. The quantitative estimate of drug-likeness (QED) is 0.497. The van der Waals surface area contributed by atoms with Crippen LogP contribution in [-0.4, -0.2) is 11.7 Å². The Hall–Kier alpha value is -0.0400. The van der Waals surface area contributed by atoms with E-state index in [1.54, 1.807) is 0 Å². The molecule has 0 aliphatic heterocycles. The molecule has 0 aliphatic rings. The zero-order valence-electron chi connectivity index (χ0n) is 11.7. The van der Waals surface area contributed by atoms with Gasteiger partial charge < -0.3 is 5.11 Å². The minimum absolute atomic E-state index is 0.238. The summed E-state index contributed by atoms with van der Waals surface area (Å²) in [4.78, 5) is 0. The molecule has 0 radical (unpaired) electrons. The molecule has 0 bridgehead atoms. The predicted molar refractivity (Wildman–Crippen MR) is 72.7 cm³/mol. The van der Waals surface area contributed by atoms with Gasteiger partial charge in [-0.2, -0.15) is 0 Å². The van der Waals surface area contributed by atoms with Gasteiger partial charge in [0.05, 0.1) is 0 Å². The van der Waals surface area contributed by atoms with Crippen LogP contribution in [-0.2, 0) is 0 Å². The molecule has 1 unspecified atom stereocenters. The van der Waals surface area contributed by atoms with E-state index in [4.69, 9.17) is 0 Å². The molecule has 0 fully saturated rings. The van der Waals surface area contributed by atoms with Gasteiger partial charge >= 0.3 is 0 Å². The summed E-state index contributed by atoms with van der Waals surface area (Å²) in [6, 6.07) is 0. The highest BCUT2D eigenvalue weighted by Gasteiger charge is 2.25. The third-order valence-corrected chi connectivity index (χ3v) is 3.96. The molecule has 98 valence electrons. The average molecular weight is 228 g/mol. The fraction of sp³-hybridized carbons (Fsp3) is 1.00. The number of unbranched alkanes of at least 4 members (excludes halogenated alkanes) is 5. The van der Waals surface area contributed by atoms with Crippen LogP contribution in [0.25, 0.3) is 0 Å². The van der Waals surface area contributed by atoms with Gasteiger partial charge in [0.1, 0.15) is 0 Å². The third-order valence-electron chi connectivity index (χ3n) is 3.96. The van der Waals surface area contributed by atoms with Gasteiger partial charge in [0.15, 0.2) is 0 Å². The number of aliphatic hydroxyl groups excluding tert-OH is 1. The Labute approximate surface area is 103 Å². The second-order valence-corrected chi connectivity index (χ2v) is 5.28. The molecule has 1 nitrogen and oxygen atoms in total. The second kappa shape index (κ2) is 10.1. The molecule has 1 heteroatoms. The molecule has 0 amide bonds. The summed E-state index contributed by atoms with van der Waals surface area (Å²) < 4.78 is 0. The van der Waals surface area contributed by atoms with Crippen molar-refractivity contribution in [2.75, 3.05) is 6.61 Å². The SMILES string of the molecule is CCCCCCCC(CC)(CO)CCCC. The molecule has 0 aliphatic carbocycles. The van der Waals surface area contributed by atoms with E-state index in [0.717, 1.165) is 6.42 Å². The number of hydrogen-bond donors (Lipinski definition) is 1. The zero-order chi connectivity index (χ0) is 12.3. The van der Waals surface area contributed by atoms with Crippen molar-refractivity contribution in [2.24, 2.45) is 5.41 Å². The lowest BCUT2D eigenvalue weighted by atomic mass is 9.76. The molecule has 0 saturated heterocycles. The van der Waals surface area contributed by atoms with Crippen molar-refractivity contribution in [1.29, 1.82) is 0 Å². The van der Waals surface area contributed by atoms with Gasteiger partial charge in [0.2, 0.25) is 0 Å². The molecule has 0 aromatic rings. The van der Waals surface area contributed by atoms with Gasteiger partial charge in [0, 0.05) is 6.61 Å². The normalized spacial score (nSPS) is 15.0. The minimum atomic E-state index is 0.238. The largest absolute Gasteiger partial charge is 0.396 e. The van der Waals surface area contributed by atoms with Crippen LogP contribution < -0.4 is 0 Å². The van der Waals surface area contributed by atoms with Gasteiger partial charge in [0.25, 0.3) is 0 Å². The Bertz CT molecular complexity index is 138. The highest BCUT2D eigenvalue weighted by atomic mass is 16.3. The first-order valence-electron chi connectivity index (χ1n) is 7.35. The van der Waals surface area contributed by atoms with Gasteiger partial charge in [-0.05, 0) is 24.7 Å². The summed E-state index contributed by atoms with van der Waals surface area (Å²) in [6.07, 6.45) is 12.8. The molecule has 0 spiro atoms. The van der Waals surface area contributed by atoms with Gasteiger partial charge in [-0.25, -0.2) is 0 Å². The Kier molecular flexibility index (Phi) is 10.1. The first-order chi connectivity index (χ1) is 7.74. The van der Waals surface area contributed by atoms with Crippen LogP contribution in [0.15, 0.2) is 0 Å². The van der Waals surface area contributed by atoms with Crippen molar-refractivity contribution in [1.82, 2.24) is 0 Å². The summed E-state index contributed by atoms with van der Waals surface area (Å²) >= 11 is 0. The van der Waals surface area contributed by atoms with Crippen LogP contribution in [0.1, 0.15) is 85.0 Å². The third kappa shape index (κ3) is 6.52. The second-order valence-electron chi connectivity index (χ2n) is 5.28. The molecule has 0 heterocycles. The predicted octanol–water partition coefficient (Wildman–Crippen LogP) is 4.93. The van der Waals surface area contributed by atoms with Gasteiger partial charge in [-0.3, -0.25) is 0 Å². The fourth-order valence-corrected chi connectivity index (χ4v) is 2.40. The minimum Gasteiger partial charge on any atom is -0.396 e. The van der Waals surface area contributed by atoms with E-state index in [0.29, 0.717) is 6.61 Å². The van der Waals surface area contributed by atoms with Crippen molar-refractivity contribution >= 4 is 0 Å². The highest BCUT2D eigenvalue weighted by Crippen LogP contribution is 2.34. The van der Waals surface area contributed by atoms with E-state index in [9.17, 15) is 5.11 Å². The highest BCUT2D eigenvalue weighted by molar-refractivity contribution is 4.77. The Morgan fingerprint density at radius 1 is 0.750 bits per heavy atom. The van der Waals surface area contributed by atoms with E-state index in [-0.39, 0.29) is 5.41 Å². The van der Waals surface area contributed by atoms with E-state index in [2.05, 4.69) is 20.8 Å². The number of rotatable bonds is 11. The van der Waals surface area contributed by atoms with Crippen molar-refractivity contribution in [3.63, 3.8) is 0 Å². The van der Waals surface area contributed by atoms with Gasteiger partial charge in [-0.1, -0.05) is 65.7 Å². The monoisotopic (exact) mass is 228 g/mol. The summed E-state index contributed by atoms with van der Waals surface area (Å²) in [5.41, 5.74) is 0.238. The summed E-state index contributed by atoms with van der Waals surface area (Å²) in [7, 11) is 0. The molecule has 0 aromatic carbocycles. The molecule has 0 rings (SSSR count). The van der Waals surface area contributed by atoms with E-state index >= 15 is 0 Å². The van der Waals surface area contributed by atoms with Crippen molar-refractivity contribution in [3.8, 4) is 0 Å². The average Bonchev–Trinajstić information content (AvgIpc) is 2.33. The maximum atomic E-state index is 9.61. The molecule has 1 atom stereocenters. The lowest BCUT2D eigenvalue weighted by Crippen LogP contribution is -2.24. The first kappa shape index (κ1) is 16.0. The molecule has 0 aromatic heterocycles. The summed E-state index contributed by atoms with van der Waals surface area (Å²) in [6.45, 7) is 7.11. The van der Waals surface area contributed by atoms with Crippen LogP contribution in [0.3, 0.4) is 0 Å².